The van der Waals surface area contributed by atoms with Crippen molar-refractivity contribution >= 4 is 5.91 Å². The zero-order chi connectivity index (χ0) is 20.2. The average molecular weight is 401 g/mol. The number of aromatic nitrogens is 1. The van der Waals surface area contributed by atoms with Crippen LogP contribution in [0.3, 0.4) is 0 Å². The van der Waals surface area contributed by atoms with Crippen LogP contribution in [-0.4, -0.2) is 71.5 Å². The van der Waals surface area contributed by atoms with Crippen molar-refractivity contribution in [3.8, 4) is 5.75 Å². The van der Waals surface area contributed by atoms with Gasteiger partial charge in [0.05, 0.1) is 30.9 Å². The second kappa shape index (κ2) is 8.86. The third-order valence-electron chi connectivity index (χ3n) is 5.42. The molecule has 1 aromatic heterocycles. The number of nitrogens with one attached hydrogen (secondary N) is 1. The van der Waals surface area contributed by atoms with Crippen LogP contribution in [0.15, 0.2) is 48.8 Å². The van der Waals surface area contributed by atoms with Gasteiger partial charge in [0.15, 0.2) is 0 Å². The molecule has 2 aromatic rings. The minimum Gasteiger partial charge on any atom is -0.487 e. The molecule has 1 aliphatic carbocycles. The van der Waals surface area contributed by atoms with Crippen molar-refractivity contribution in [2.75, 3.05) is 26.3 Å². The molecule has 0 radical (unpaired) electrons. The molecule has 8 heteroatoms. The maximum atomic E-state index is 13.5. The molecule has 1 amide bonds. The molecule has 1 aliphatic heterocycles. The molecule has 0 spiro atoms. The second-order valence-electron chi connectivity index (χ2n) is 7.30. The fourth-order valence-electron chi connectivity index (χ4n) is 4.06. The summed E-state index contributed by atoms with van der Waals surface area (Å²) in [7, 11) is 0. The van der Waals surface area contributed by atoms with E-state index in [1.54, 1.807) is 30.5 Å². The van der Waals surface area contributed by atoms with E-state index in [1.165, 1.54) is 18.3 Å². The first-order chi connectivity index (χ1) is 14.1. The number of halogens is 1. The molecule has 4 atom stereocenters. The second-order valence-corrected chi connectivity index (χ2v) is 7.30. The van der Waals surface area contributed by atoms with Gasteiger partial charge in [-0.25, -0.2) is 4.39 Å². The van der Waals surface area contributed by atoms with Crippen molar-refractivity contribution < 1.29 is 23.8 Å². The van der Waals surface area contributed by atoms with Gasteiger partial charge in [0.25, 0.3) is 5.91 Å². The number of hydrogen-bond donors (Lipinski definition) is 2. The van der Waals surface area contributed by atoms with Gasteiger partial charge in [-0.1, -0.05) is 6.07 Å². The lowest BCUT2D eigenvalue weighted by Crippen LogP contribution is -2.56. The average Bonchev–Trinajstić information content (AvgIpc) is 3.04. The number of benzene rings is 1. The van der Waals surface area contributed by atoms with Gasteiger partial charge in [0, 0.05) is 38.0 Å². The van der Waals surface area contributed by atoms with Crippen molar-refractivity contribution in [2.45, 2.75) is 30.7 Å². The lowest BCUT2D eigenvalue weighted by Gasteiger charge is -2.37. The van der Waals surface area contributed by atoms with E-state index >= 15 is 0 Å². The van der Waals surface area contributed by atoms with Crippen molar-refractivity contribution in [1.82, 2.24) is 15.2 Å². The largest absolute Gasteiger partial charge is 0.487 e. The van der Waals surface area contributed by atoms with Gasteiger partial charge < -0.3 is 19.9 Å². The quantitative estimate of drug-likeness (QED) is 0.784. The van der Waals surface area contributed by atoms with Gasteiger partial charge in [-0.2, -0.15) is 0 Å². The Bertz CT molecular complexity index is 832. The first-order valence-corrected chi connectivity index (χ1v) is 9.75. The Morgan fingerprint density at radius 1 is 1.28 bits per heavy atom. The number of aliphatic hydroxyl groups excluding tert-OH is 1. The fraction of sp³-hybridized carbons (Fsp3) is 0.429. The SMILES string of the molecule is O=C(N[C@@H]1C[C@@H](Oc2cccc(F)c2)[C@H](O)[C@H]1N1CCOCC1)c1cccnc1. The number of carbonyl (C=O) groups excluding carboxylic acids is 1. The van der Waals surface area contributed by atoms with Gasteiger partial charge in [-0.3, -0.25) is 14.7 Å². The third-order valence-corrected chi connectivity index (χ3v) is 5.42. The number of rotatable bonds is 5. The molecule has 0 unspecified atom stereocenters. The van der Waals surface area contributed by atoms with Crippen molar-refractivity contribution in [1.29, 1.82) is 0 Å². The summed E-state index contributed by atoms with van der Waals surface area (Å²) in [6.07, 6.45) is 2.12. The van der Waals surface area contributed by atoms with E-state index in [0.717, 1.165) is 0 Å². The molecule has 29 heavy (non-hydrogen) atoms. The van der Waals surface area contributed by atoms with Crippen LogP contribution in [0.5, 0.6) is 5.75 Å². The number of pyridine rings is 1. The number of amides is 1. The summed E-state index contributed by atoms with van der Waals surface area (Å²) < 4.78 is 24.8. The number of carbonyl (C=O) groups is 1. The summed E-state index contributed by atoms with van der Waals surface area (Å²) in [5.41, 5.74) is 0.456. The molecular formula is C21H24FN3O4. The highest BCUT2D eigenvalue weighted by atomic mass is 19.1. The number of aliphatic hydroxyl groups is 1. The standard InChI is InChI=1S/C21H24FN3O4/c22-15-4-1-5-16(11-15)29-18-12-17(24-21(27)14-3-2-6-23-13-14)19(20(18)26)25-7-9-28-10-8-25/h1-6,11,13,17-20,26H,7-10,12H2,(H,24,27)/t17-,18-,19+,20+/m1/s1. The third kappa shape index (κ3) is 4.55. The van der Waals surface area contributed by atoms with E-state index in [4.69, 9.17) is 9.47 Å². The lowest BCUT2D eigenvalue weighted by molar-refractivity contribution is -0.0350. The highest BCUT2D eigenvalue weighted by Gasteiger charge is 2.47. The summed E-state index contributed by atoms with van der Waals surface area (Å²) in [6, 6.07) is 8.59. The van der Waals surface area contributed by atoms with E-state index in [0.29, 0.717) is 44.0 Å². The molecule has 1 saturated heterocycles. The van der Waals surface area contributed by atoms with Crippen LogP contribution in [-0.2, 0) is 4.74 Å². The maximum absolute atomic E-state index is 13.5. The highest BCUT2D eigenvalue weighted by Crippen LogP contribution is 2.30. The molecule has 154 valence electrons. The molecule has 2 aliphatic rings. The monoisotopic (exact) mass is 401 g/mol. The molecule has 7 nitrogen and oxygen atoms in total. The Hall–Kier alpha value is -2.55. The molecular weight excluding hydrogens is 377 g/mol. The van der Waals surface area contributed by atoms with E-state index in [-0.39, 0.29) is 18.0 Å². The minimum absolute atomic E-state index is 0.250. The molecule has 4 rings (SSSR count). The number of morpholine rings is 1. The normalized spacial score (nSPS) is 27.5. The highest BCUT2D eigenvalue weighted by molar-refractivity contribution is 5.94. The summed E-state index contributed by atoms with van der Waals surface area (Å²) in [4.78, 5) is 18.8. The molecule has 0 bridgehead atoms. The maximum Gasteiger partial charge on any atom is 0.253 e. The zero-order valence-electron chi connectivity index (χ0n) is 15.9. The Balaban J connectivity index is 1.52. The van der Waals surface area contributed by atoms with E-state index in [1.807, 2.05) is 0 Å². The van der Waals surface area contributed by atoms with E-state index in [2.05, 4.69) is 15.2 Å². The summed E-state index contributed by atoms with van der Waals surface area (Å²) in [6.45, 7) is 2.46. The van der Waals surface area contributed by atoms with Crippen LogP contribution < -0.4 is 10.1 Å². The predicted molar refractivity (Wildman–Crippen MR) is 103 cm³/mol. The van der Waals surface area contributed by atoms with Gasteiger partial charge in [-0.15, -0.1) is 0 Å². The Labute approximate surface area is 168 Å². The first-order valence-electron chi connectivity index (χ1n) is 9.75. The van der Waals surface area contributed by atoms with Crippen LogP contribution in [0.2, 0.25) is 0 Å². The molecule has 2 fully saturated rings. The van der Waals surface area contributed by atoms with Gasteiger partial charge in [0.2, 0.25) is 0 Å². The first kappa shape index (κ1) is 19.8. The smallest absolute Gasteiger partial charge is 0.253 e. The Kier molecular flexibility index (Phi) is 6.03. The van der Waals surface area contributed by atoms with Gasteiger partial charge >= 0.3 is 0 Å². The molecule has 1 saturated carbocycles. The van der Waals surface area contributed by atoms with Crippen LogP contribution in [0.25, 0.3) is 0 Å². The number of ether oxygens (including phenoxy) is 2. The van der Waals surface area contributed by atoms with Crippen molar-refractivity contribution in [3.05, 3.63) is 60.2 Å². The Morgan fingerprint density at radius 3 is 2.83 bits per heavy atom. The lowest BCUT2D eigenvalue weighted by atomic mass is 10.1. The number of hydrogen-bond acceptors (Lipinski definition) is 6. The van der Waals surface area contributed by atoms with Crippen molar-refractivity contribution in [2.24, 2.45) is 0 Å². The van der Waals surface area contributed by atoms with E-state index < -0.39 is 18.0 Å². The van der Waals surface area contributed by atoms with Crippen LogP contribution in [0.1, 0.15) is 16.8 Å². The molecule has 2 heterocycles. The molecule has 1 aromatic carbocycles. The van der Waals surface area contributed by atoms with E-state index in [9.17, 15) is 14.3 Å². The van der Waals surface area contributed by atoms with Crippen LogP contribution in [0.4, 0.5) is 4.39 Å². The van der Waals surface area contributed by atoms with Crippen molar-refractivity contribution in [3.63, 3.8) is 0 Å². The van der Waals surface area contributed by atoms with Crippen LogP contribution in [0, 0.1) is 5.82 Å². The Morgan fingerprint density at radius 2 is 2.10 bits per heavy atom. The summed E-state index contributed by atoms with van der Waals surface area (Å²) in [5, 5.41) is 14.0. The topological polar surface area (TPSA) is 83.9 Å². The summed E-state index contributed by atoms with van der Waals surface area (Å²) in [5.74, 6) is -0.296. The van der Waals surface area contributed by atoms with Gasteiger partial charge in [-0.05, 0) is 24.3 Å². The van der Waals surface area contributed by atoms with Gasteiger partial charge in [0.1, 0.15) is 23.8 Å². The predicted octanol–water partition coefficient (Wildman–Crippen LogP) is 1.23. The van der Waals surface area contributed by atoms with Crippen LogP contribution >= 0.6 is 0 Å². The zero-order valence-corrected chi connectivity index (χ0v) is 15.9. The number of nitrogens with zero attached hydrogens (tertiary/aromatic N) is 2. The minimum atomic E-state index is -0.837. The fourth-order valence-corrected chi connectivity index (χ4v) is 4.06. The molecule has 2 N–H and O–H groups in total. The summed E-state index contributed by atoms with van der Waals surface area (Å²) >= 11 is 0.